The summed E-state index contributed by atoms with van der Waals surface area (Å²) in [4.78, 5) is 1.33. The first-order chi connectivity index (χ1) is 11.7. The standard InChI is InChI=1S/C22H28OS/c1-3-5-15-22(4-2)16-24-19-14-10-9-13-18(19)20(21(22)23)17-11-7-6-8-12-17/h6-14,20-21,23H,3-5,15-16H2,1-2H3/t20-,21+,22+/m0/s1. The Morgan fingerprint density at radius 2 is 1.75 bits per heavy atom. The van der Waals surface area contributed by atoms with Crippen molar-refractivity contribution >= 4 is 11.8 Å². The van der Waals surface area contributed by atoms with E-state index in [2.05, 4.69) is 68.4 Å². The predicted octanol–water partition coefficient (Wildman–Crippen LogP) is 5.87. The third-order valence-electron chi connectivity index (χ3n) is 5.60. The van der Waals surface area contributed by atoms with Crippen LogP contribution in [0.3, 0.4) is 0 Å². The maximum atomic E-state index is 11.6. The van der Waals surface area contributed by atoms with Crippen molar-refractivity contribution in [2.45, 2.75) is 56.4 Å². The normalized spacial score (nSPS) is 26.6. The van der Waals surface area contributed by atoms with Gasteiger partial charge in [-0.2, -0.15) is 0 Å². The number of aliphatic hydroxyl groups is 1. The van der Waals surface area contributed by atoms with E-state index < -0.39 is 0 Å². The van der Waals surface area contributed by atoms with E-state index in [1.165, 1.54) is 28.9 Å². The van der Waals surface area contributed by atoms with Crippen LogP contribution in [0.15, 0.2) is 59.5 Å². The average Bonchev–Trinajstić information content (AvgIpc) is 2.76. The van der Waals surface area contributed by atoms with Gasteiger partial charge in [-0.25, -0.2) is 0 Å². The van der Waals surface area contributed by atoms with Crippen LogP contribution < -0.4 is 0 Å². The van der Waals surface area contributed by atoms with E-state index in [0.717, 1.165) is 18.6 Å². The third-order valence-corrected chi connectivity index (χ3v) is 7.01. The molecule has 1 heterocycles. The molecule has 0 spiro atoms. The first-order valence-corrected chi connectivity index (χ1v) is 10.1. The Balaban J connectivity index is 2.09. The van der Waals surface area contributed by atoms with Gasteiger partial charge in [0.15, 0.2) is 0 Å². The molecule has 1 aliphatic rings. The molecular weight excluding hydrogens is 312 g/mol. The van der Waals surface area contributed by atoms with Gasteiger partial charge in [0, 0.05) is 22.0 Å². The summed E-state index contributed by atoms with van der Waals surface area (Å²) in [5, 5.41) is 11.6. The fourth-order valence-corrected chi connectivity index (χ4v) is 5.46. The van der Waals surface area contributed by atoms with Gasteiger partial charge in [-0.05, 0) is 30.0 Å². The Hall–Kier alpha value is -1.25. The van der Waals surface area contributed by atoms with Crippen LogP contribution in [0.4, 0.5) is 0 Å². The summed E-state index contributed by atoms with van der Waals surface area (Å²) >= 11 is 1.93. The van der Waals surface area contributed by atoms with Crippen molar-refractivity contribution in [3.8, 4) is 0 Å². The van der Waals surface area contributed by atoms with Crippen LogP contribution in [0.25, 0.3) is 0 Å². The minimum atomic E-state index is -0.340. The number of aliphatic hydroxyl groups excluding tert-OH is 1. The van der Waals surface area contributed by atoms with Gasteiger partial charge in [-0.3, -0.25) is 0 Å². The predicted molar refractivity (Wildman–Crippen MR) is 104 cm³/mol. The van der Waals surface area contributed by atoms with E-state index in [-0.39, 0.29) is 17.4 Å². The Labute approximate surface area is 150 Å². The molecule has 0 amide bonds. The SMILES string of the molecule is CCCC[C@]1(CC)CSc2ccccc2[C@H](c2ccccc2)[C@H]1O. The second-order valence-electron chi connectivity index (χ2n) is 6.98. The number of hydrogen-bond acceptors (Lipinski definition) is 2. The molecule has 1 aliphatic heterocycles. The van der Waals surface area contributed by atoms with Gasteiger partial charge in [-0.1, -0.05) is 75.2 Å². The summed E-state index contributed by atoms with van der Waals surface area (Å²) in [6.45, 7) is 4.49. The Kier molecular flexibility index (Phi) is 5.68. The zero-order chi connectivity index (χ0) is 17.0. The van der Waals surface area contributed by atoms with Gasteiger partial charge in [0.05, 0.1) is 6.10 Å². The Bertz CT molecular complexity index is 654. The molecule has 128 valence electrons. The molecule has 0 saturated carbocycles. The van der Waals surface area contributed by atoms with Gasteiger partial charge in [-0.15, -0.1) is 11.8 Å². The number of rotatable bonds is 5. The molecule has 3 rings (SSSR count). The first kappa shape index (κ1) is 17.6. The minimum absolute atomic E-state index is 0.0137. The second kappa shape index (κ2) is 7.76. The van der Waals surface area contributed by atoms with Gasteiger partial charge in [0.2, 0.25) is 0 Å². The van der Waals surface area contributed by atoms with E-state index in [4.69, 9.17) is 0 Å². The molecule has 1 nitrogen and oxygen atoms in total. The van der Waals surface area contributed by atoms with Crippen molar-refractivity contribution in [2.75, 3.05) is 5.75 Å². The second-order valence-corrected chi connectivity index (χ2v) is 8.00. The summed E-state index contributed by atoms with van der Waals surface area (Å²) in [6, 6.07) is 19.2. The van der Waals surface area contributed by atoms with E-state index in [9.17, 15) is 5.11 Å². The lowest BCUT2D eigenvalue weighted by atomic mass is 9.69. The minimum Gasteiger partial charge on any atom is -0.392 e. The zero-order valence-electron chi connectivity index (χ0n) is 14.7. The number of benzene rings is 2. The maximum absolute atomic E-state index is 11.6. The largest absolute Gasteiger partial charge is 0.392 e. The zero-order valence-corrected chi connectivity index (χ0v) is 15.6. The molecule has 0 aromatic heterocycles. The van der Waals surface area contributed by atoms with E-state index in [0.29, 0.717) is 0 Å². The van der Waals surface area contributed by atoms with Gasteiger partial charge < -0.3 is 5.11 Å². The van der Waals surface area contributed by atoms with Crippen molar-refractivity contribution in [3.05, 3.63) is 65.7 Å². The fourth-order valence-electron chi connectivity index (χ4n) is 3.96. The molecule has 24 heavy (non-hydrogen) atoms. The van der Waals surface area contributed by atoms with Crippen LogP contribution in [0.2, 0.25) is 0 Å². The van der Waals surface area contributed by atoms with E-state index in [1.54, 1.807) is 0 Å². The molecule has 3 atom stereocenters. The highest BCUT2D eigenvalue weighted by Gasteiger charge is 2.44. The summed E-state index contributed by atoms with van der Waals surface area (Å²) in [7, 11) is 0. The Morgan fingerprint density at radius 1 is 1.04 bits per heavy atom. The highest BCUT2D eigenvalue weighted by molar-refractivity contribution is 7.99. The summed E-state index contributed by atoms with van der Waals surface area (Å²) in [5.74, 6) is 1.07. The lowest BCUT2D eigenvalue weighted by Crippen LogP contribution is -2.40. The smallest absolute Gasteiger partial charge is 0.0713 e. The Morgan fingerprint density at radius 3 is 2.46 bits per heavy atom. The van der Waals surface area contributed by atoms with Crippen LogP contribution in [-0.4, -0.2) is 17.0 Å². The number of unbranched alkanes of at least 4 members (excludes halogenated alkanes) is 1. The molecule has 0 saturated heterocycles. The molecule has 0 radical (unpaired) electrons. The number of hydrogen-bond donors (Lipinski definition) is 1. The molecule has 0 aliphatic carbocycles. The molecule has 0 bridgehead atoms. The fraction of sp³-hybridized carbons (Fsp3) is 0.455. The molecule has 2 heteroatoms. The topological polar surface area (TPSA) is 20.2 Å². The first-order valence-electron chi connectivity index (χ1n) is 9.16. The number of thioether (sulfide) groups is 1. The van der Waals surface area contributed by atoms with Crippen molar-refractivity contribution < 1.29 is 5.11 Å². The molecule has 0 fully saturated rings. The van der Waals surface area contributed by atoms with E-state index >= 15 is 0 Å². The van der Waals surface area contributed by atoms with E-state index in [1.807, 2.05) is 11.8 Å². The monoisotopic (exact) mass is 340 g/mol. The van der Waals surface area contributed by atoms with Gasteiger partial charge in [0.1, 0.15) is 0 Å². The maximum Gasteiger partial charge on any atom is 0.0713 e. The highest BCUT2D eigenvalue weighted by atomic mass is 32.2. The van der Waals surface area contributed by atoms with Crippen LogP contribution in [-0.2, 0) is 0 Å². The van der Waals surface area contributed by atoms with Crippen LogP contribution in [0.1, 0.15) is 56.6 Å². The van der Waals surface area contributed by atoms with Gasteiger partial charge in [0.25, 0.3) is 0 Å². The summed E-state index contributed by atoms with van der Waals surface area (Å²) in [5.41, 5.74) is 2.50. The van der Waals surface area contributed by atoms with Crippen molar-refractivity contribution in [1.29, 1.82) is 0 Å². The molecule has 2 aromatic rings. The van der Waals surface area contributed by atoms with Crippen LogP contribution in [0.5, 0.6) is 0 Å². The molecular formula is C22H28OS. The quantitative estimate of drug-likeness (QED) is 0.734. The highest BCUT2D eigenvalue weighted by Crippen LogP contribution is 2.50. The molecule has 2 aromatic carbocycles. The molecule has 0 unspecified atom stereocenters. The van der Waals surface area contributed by atoms with Crippen LogP contribution >= 0.6 is 11.8 Å². The lowest BCUT2D eigenvalue weighted by Gasteiger charge is -2.39. The summed E-state index contributed by atoms with van der Waals surface area (Å²) < 4.78 is 0. The van der Waals surface area contributed by atoms with Crippen LogP contribution in [0, 0.1) is 5.41 Å². The third kappa shape index (κ3) is 3.27. The summed E-state index contributed by atoms with van der Waals surface area (Å²) in [6.07, 6.45) is 4.16. The van der Waals surface area contributed by atoms with Gasteiger partial charge >= 0.3 is 0 Å². The number of fused-ring (bicyclic) bond motifs is 1. The van der Waals surface area contributed by atoms with Crippen molar-refractivity contribution in [1.82, 2.24) is 0 Å². The lowest BCUT2D eigenvalue weighted by molar-refractivity contribution is 0.0182. The molecule has 1 N–H and O–H groups in total. The van der Waals surface area contributed by atoms with Crippen molar-refractivity contribution in [2.24, 2.45) is 5.41 Å². The van der Waals surface area contributed by atoms with Crippen molar-refractivity contribution in [3.63, 3.8) is 0 Å². The average molecular weight is 341 g/mol.